The van der Waals surface area contributed by atoms with Crippen LogP contribution < -0.4 is 15.8 Å². The van der Waals surface area contributed by atoms with Crippen LogP contribution in [0.5, 0.6) is 0 Å². The van der Waals surface area contributed by atoms with Crippen LogP contribution in [0.15, 0.2) is 45.9 Å². The molecule has 1 aromatic heterocycles. The van der Waals surface area contributed by atoms with E-state index in [2.05, 4.69) is 10.9 Å². The molecule has 25 heavy (non-hydrogen) atoms. The van der Waals surface area contributed by atoms with Crippen molar-refractivity contribution in [1.82, 2.24) is 10.9 Å². The lowest BCUT2D eigenvalue weighted by molar-refractivity contribution is -0.121. The zero-order valence-electron chi connectivity index (χ0n) is 13.6. The van der Waals surface area contributed by atoms with Crippen LogP contribution in [-0.4, -0.2) is 30.0 Å². The summed E-state index contributed by atoms with van der Waals surface area (Å²) in [5, 5.41) is 0. The summed E-state index contributed by atoms with van der Waals surface area (Å²) >= 11 is 1.49. The predicted molar refractivity (Wildman–Crippen MR) is 93.2 cm³/mol. The van der Waals surface area contributed by atoms with E-state index in [1.54, 1.807) is 11.8 Å². The van der Waals surface area contributed by atoms with E-state index in [9.17, 15) is 14.4 Å². The Bertz CT molecular complexity index is 818. The molecule has 1 aromatic carbocycles. The zero-order chi connectivity index (χ0) is 17.8. The molecular weight excluding hydrogens is 342 g/mol. The number of hydrogen-bond acceptors (Lipinski definition) is 5. The van der Waals surface area contributed by atoms with Crippen molar-refractivity contribution in [2.45, 2.75) is 18.2 Å². The number of anilines is 1. The maximum absolute atomic E-state index is 12.1. The molecule has 3 amide bonds. The third-order valence-corrected chi connectivity index (χ3v) is 4.84. The number of aryl methyl sites for hydroxylation is 1. The van der Waals surface area contributed by atoms with Gasteiger partial charge in [0.05, 0.1) is 23.3 Å². The highest BCUT2D eigenvalue weighted by atomic mass is 32.2. The Morgan fingerprint density at radius 1 is 1.24 bits per heavy atom. The molecule has 0 atom stereocenters. The van der Waals surface area contributed by atoms with Crippen molar-refractivity contribution >= 4 is 35.2 Å². The molecule has 2 aromatic rings. The van der Waals surface area contributed by atoms with Crippen LogP contribution in [0.25, 0.3) is 0 Å². The normalized spacial score (nSPS) is 13.3. The number of amides is 3. The number of thioether (sulfide) groups is 1. The number of benzene rings is 1. The van der Waals surface area contributed by atoms with Crippen molar-refractivity contribution < 1.29 is 18.8 Å². The lowest BCUT2D eigenvalue weighted by Crippen LogP contribution is -2.44. The molecule has 0 spiro atoms. The molecule has 3 rings (SSSR count). The van der Waals surface area contributed by atoms with Gasteiger partial charge in [-0.25, -0.2) is 0 Å². The summed E-state index contributed by atoms with van der Waals surface area (Å²) in [5.41, 5.74) is 5.86. The van der Waals surface area contributed by atoms with E-state index in [1.165, 1.54) is 24.1 Å². The first-order valence-corrected chi connectivity index (χ1v) is 8.70. The molecule has 1 aliphatic rings. The molecule has 8 heteroatoms. The number of fused-ring (bicyclic) bond motifs is 1. The number of para-hydroxylation sites is 1. The summed E-state index contributed by atoms with van der Waals surface area (Å²) in [5.74, 6) is -0.0301. The SMILES string of the molecule is Cc1occc1C(=O)NNC(=O)CCN1C(=O)CSc2ccccc21. The molecule has 0 radical (unpaired) electrons. The third kappa shape index (κ3) is 3.85. The van der Waals surface area contributed by atoms with Gasteiger partial charge in [-0.15, -0.1) is 11.8 Å². The van der Waals surface area contributed by atoms with Crippen LogP contribution in [-0.2, 0) is 9.59 Å². The van der Waals surface area contributed by atoms with E-state index >= 15 is 0 Å². The van der Waals surface area contributed by atoms with E-state index in [0.29, 0.717) is 17.1 Å². The number of carbonyl (C=O) groups is 3. The van der Waals surface area contributed by atoms with Crippen molar-refractivity contribution in [3.63, 3.8) is 0 Å². The highest BCUT2D eigenvalue weighted by molar-refractivity contribution is 8.00. The monoisotopic (exact) mass is 359 g/mol. The molecule has 2 heterocycles. The molecular formula is C17H17N3O4S. The zero-order valence-corrected chi connectivity index (χ0v) is 14.4. The van der Waals surface area contributed by atoms with Gasteiger partial charge in [0.1, 0.15) is 5.76 Å². The first-order valence-electron chi connectivity index (χ1n) is 7.71. The molecule has 0 fully saturated rings. The number of nitrogens with zero attached hydrogens (tertiary/aromatic N) is 1. The van der Waals surface area contributed by atoms with Crippen LogP contribution in [0.4, 0.5) is 5.69 Å². The predicted octanol–water partition coefficient (Wildman–Crippen LogP) is 1.88. The van der Waals surface area contributed by atoms with Gasteiger partial charge in [-0.2, -0.15) is 0 Å². The Morgan fingerprint density at radius 2 is 2.04 bits per heavy atom. The summed E-state index contributed by atoms with van der Waals surface area (Å²) < 4.78 is 5.04. The quantitative estimate of drug-likeness (QED) is 0.813. The number of hydrogen-bond donors (Lipinski definition) is 2. The Balaban J connectivity index is 1.53. The Morgan fingerprint density at radius 3 is 2.80 bits per heavy atom. The molecule has 0 saturated carbocycles. The fourth-order valence-electron chi connectivity index (χ4n) is 2.49. The van der Waals surface area contributed by atoms with Crippen molar-refractivity contribution in [3.8, 4) is 0 Å². The molecule has 130 valence electrons. The number of rotatable bonds is 4. The Labute approximate surface area is 148 Å². The summed E-state index contributed by atoms with van der Waals surface area (Å²) in [6.45, 7) is 1.91. The first-order chi connectivity index (χ1) is 12.1. The smallest absolute Gasteiger partial charge is 0.273 e. The summed E-state index contributed by atoms with van der Waals surface area (Å²) in [6, 6.07) is 9.12. The maximum atomic E-state index is 12.1. The Kier molecular flexibility index (Phi) is 5.08. The number of hydrazine groups is 1. The average molecular weight is 359 g/mol. The minimum absolute atomic E-state index is 0.0328. The molecule has 2 N–H and O–H groups in total. The molecule has 1 aliphatic heterocycles. The summed E-state index contributed by atoms with van der Waals surface area (Å²) in [7, 11) is 0. The van der Waals surface area contributed by atoms with Gasteiger partial charge < -0.3 is 9.32 Å². The van der Waals surface area contributed by atoms with Gasteiger partial charge in [0.2, 0.25) is 11.8 Å². The second kappa shape index (κ2) is 7.43. The molecule has 0 bridgehead atoms. The van der Waals surface area contributed by atoms with E-state index in [0.717, 1.165) is 10.6 Å². The molecule has 0 unspecified atom stereocenters. The van der Waals surface area contributed by atoms with E-state index in [4.69, 9.17) is 4.42 Å². The molecule has 0 saturated heterocycles. The minimum Gasteiger partial charge on any atom is -0.469 e. The molecule has 0 aliphatic carbocycles. The number of carbonyl (C=O) groups excluding carboxylic acids is 3. The van der Waals surface area contributed by atoms with E-state index in [1.807, 2.05) is 24.3 Å². The number of furan rings is 1. The highest BCUT2D eigenvalue weighted by Crippen LogP contribution is 2.34. The maximum Gasteiger partial charge on any atom is 0.273 e. The van der Waals surface area contributed by atoms with Gasteiger partial charge in [-0.1, -0.05) is 12.1 Å². The molecule has 7 nitrogen and oxygen atoms in total. The van der Waals surface area contributed by atoms with Gasteiger partial charge >= 0.3 is 0 Å². The van der Waals surface area contributed by atoms with Crippen LogP contribution in [0.1, 0.15) is 22.5 Å². The van der Waals surface area contributed by atoms with E-state index in [-0.39, 0.29) is 24.8 Å². The van der Waals surface area contributed by atoms with Crippen molar-refractivity contribution in [2.24, 2.45) is 0 Å². The standard InChI is InChI=1S/C17H17N3O4S/c1-11-12(7-9-24-11)17(23)19-18-15(21)6-8-20-13-4-2-3-5-14(13)25-10-16(20)22/h2-5,7,9H,6,8,10H2,1H3,(H,18,21)(H,19,23). The fraction of sp³-hybridized carbons (Fsp3) is 0.235. The van der Waals surface area contributed by atoms with Crippen molar-refractivity contribution in [3.05, 3.63) is 47.9 Å². The van der Waals surface area contributed by atoms with Gasteiger partial charge in [0, 0.05) is 17.9 Å². The second-order valence-corrected chi connectivity index (χ2v) is 6.46. The lowest BCUT2D eigenvalue weighted by Gasteiger charge is -2.28. The van der Waals surface area contributed by atoms with Crippen LogP contribution in [0.3, 0.4) is 0 Å². The highest BCUT2D eigenvalue weighted by Gasteiger charge is 2.24. The van der Waals surface area contributed by atoms with Gasteiger partial charge in [0.15, 0.2) is 0 Å². The number of nitrogens with one attached hydrogen (secondary N) is 2. The van der Waals surface area contributed by atoms with Crippen LogP contribution >= 0.6 is 11.8 Å². The summed E-state index contributed by atoms with van der Waals surface area (Å²) in [6.07, 6.45) is 1.49. The van der Waals surface area contributed by atoms with Crippen LogP contribution in [0, 0.1) is 6.92 Å². The largest absolute Gasteiger partial charge is 0.469 e. The van der Waals surface area contributed by atoms with Gasteiger partial charge in [-0.05, 0) is 25.1 Å². The fourth-order valence-corrected chi connectivity index (χ4v) is 3.43. The lowest BCUT2D eigenvalue weighted by atomic mass is 10.2. The van der Waals surface area contributed by atoms with Crippen molar-refractivity contribution in [2.75, 3.05) is 17.2 Å². The van der Waals surface area contributed by atoms with E-state index < -0.39 is 5.91 Å². The van der Waals surface area contributed by atoms with Crippen LogP contribution in [0.2, 0.25) is 0 Å². The Hall–Kier alpha value is -2.74. The van der Waals surface area contributed by atoms with Gasteiger partial charge in [0.25, 0.3) is 5.91 Å². The second-order valence-electron chi connectivity index (χ2n) is 5.44. The van der Waals surface area contributed by atoms with Gasteiger partial charge in [-0.3, -0.25) is 25.2 Å². The van der Waals surface area contributed by atoms with Crippen molar-refractivity contribution in [1.29, 1.82) is 0 Å². The average Bonchev–Trinajstić information content (AvgIpc) is 3.05. The topological polar surface area (TPSA) is 91.7 Å². The third-order valence-electron chi connectivity index (χ3n) is 3.79. The minimum atomic E-state index is -0.449. The summed E-state index contributed by atoms with van der Waals surface area (Å²) in [4.78, 5) is 38.6. The first kappa shape index (κ1) is 17.1.